The molecule has 1 aliphatic rings. The molecule has 0 fully saturated rings. The summed E-state index contributed by atoms with van der Waals surface area (Å²) in [4.78, 5) is 15.2. The van der Waals surface area contributed by atoms with Gasteiger partial charge in [0.15, 0.2) is 0 Å². The van der Waals surface area contributed by atoms with Crippen LogP contribution in [0.2, 0.25) is 0 Å². The molecule has 0 aliphatic carbocycles. The number of rotatable bonds is 10. The highest BCUT2D eigenvalue weighted by atomic mass is 16.5. The average molecular weight is 397 g/mol. The Labute approximate surface area is 174 Å². The molecule has 0 aromatic heterocycles. The zero-order valence-corrected chi connectivity index (χ0v) is 17.7. The number of ether oxygens (including phenoxy) is 2. The predicted molar refractivity (Wildman–Crippen MR) is 116 cm³/mol. The first kappa shape index (κ1) is 21.2. The molecule has 29 heavy (non-hydrogen) atoms. The van der Waals surface area contributed by atoms with Gasteiger partial charge in [-0.15, -0.1) is 0 Å². The zero-order valence-electron chi connectivity index (χ0n) is 17.7. The number of anilines is 1. The van der Waals surface area contributed by atoms with Crippen molar-refractivity contribution in [3.8, 4) is 5.75 Å². The number of methoxy groups -OCH3 is 1. The third-order valence-electron chi connectivity index (χ3n) is 5.51. The highest BCUT2D eigenvalue weighted by molar-refractivity contribution is 6.02. The molecule has 0 saturated heterocycles. The van der Waals surface area contributed by atoms with Crippen LogP contribution in [0.1, 0.15) is 55.5 Å². The SMILES string of the molecule is CCCCCCOc1ccccc1C1(C)Nc2ccccc2C(=O)N1CCOC. The number of benzene rings is 2. The van der Waals surface area contributed by atoms with Gasteiger partial charge in [0.2, 0.25) is 0 Å². The van der Waals surface area contributed by atoms with E-state index in [9.17, 15) is 4.79 Å². The molecule has 3 rings (SSSR count). The monoisotopic (exact) mass is 396 g/mol. The predicted octanol–water partition coefficient (Wildman–Crippen LogP) is 5.03. The average Bonchev–Trinajstić information content (AvgIpc) is 2.74. The maximum absolute atomic E-state index is 13.3. The molecule has 0 saturated carbocycles. The molecule has 5 heteroatoms. The Morgan fingerprint density at radius 3 is 2.55 bits per heavy atom. The van der Waals surface area contributed by atoms with Crippen LogP contribution in [-0.4, -0.2) is 37.7 Å². The molecule has 1 aliphatic heterocycles. The minimum absolute atomic E-state index is 0.00310. The number of amides is 1. The van der Waals surface area contributed by atoms with Crippen LogP contribution >= 0.6 is 0 Å². The normalized spacial score (nSPS) is 18.3. The number of fused-ring (bicyclic) bond motifs is 1. The summed E-state index contributed by atoms with van der Waals surface area (Å²) in [5, 5.41) is 3.60. The van der Waals surface area contributed by atoms with Crippen molar-refractivity contribution < 1.29 is 14.3 Å². The van der Waals surface area contributed by atoms with E-state index in [1.807, 2.05) is 60.4 Å². The van der Waals surface area contributed by atoms with E-state index in [-0.39, 0.29) is 5.91 Å². The number of unbranched alkanes of at least 4 members (excludes halogenated alkanes) is 3. The molecule has 0 radical (unpaired) electrons. The molecule has 1 unspecified atom stereocenters. The third kappa shape index (κ3) is 4.56. The fraction of sp³-hybridized carbons (Fsp3) is 0.458. The van der Waals surface area contributed by atoms with Crippen LogP contribution in [0.3, 0.4) is 0 Å². The minimum Gasteiger partial charge on any atom is -0.493 e. The molecule has 2 aromatic carbocycles. The fourth-order valence-corrected chi connectivity index (χ4v) is 3.88. The summed E-state index contributed by atoms with van der Waals surface area (Å²) in [5.41, 5.74) is 1.74. The van der Waals surface area contributed by atoms with Crippen molar-refractivity contribution in [2.24, 2.45) is 0 Å². The van der Waals surface area contributed by atoms with Crippen molar-refractivity contribution >= 4 is 11.6 Å². The van der Waals surface area contributed by atoms with Crippen molar-refractivity contribution in [1.29, 1.82) is 0 Å². The zero-order chi connectivity index (χ0) is 20.7. The Hall–Kier alpha value is -2.53. The number of nitrogens with zero attached hydrogens (tertiary/aromatic N) is 1. The summed E-state index contributed by atoms with van der Waals surface area (Å²) in [6.07, 6.45) is 4.62. The highest BCUT2D eigenvalue weighted by Gasteiger charge is 2.43. The van der Waals surface area contributed by atoms with Gasteiger partial charge in [0.05, 0.1) is 18.8 Å². The molecule has 1 heterocycles. The van der Waals surface area contributed by atoms with Gasteiger partial charge in [-0.1, -0.05) is 56.5 Å². The Bertz CT molecular complexity index is 823. The molecule has 0 bridgehead atoms. The van der Waals surface area contributed by atoms with Crippen LogP contribution in [0.15, 0.2) is 48.5 Å². The second-order valence-corrected chi connectivity index (χ2v) is 7.60. The van der Waals surface area contributed by atoms with E-state index in [1.54, 1.807) is 7.11 Å². The lowest BCUT2D eigenvalue weighted by Crippen LogP contribution is -2.56. The third-order valence-corrected chi connectivity index (χ3v) is 5.51. The van der Waals surface area contributed by atoms with Crippen LogP contribution in [0, 0.1) is 0 Å². The Morgan fingerprint density at radius 1 is 1.00 bits per heavy atom. The number of carbonyl (C=O) groups excluding carboxylic acids is 1. The van der Waals surface area contributed by atoms with E-state index < -0.39 is 5.66 Å². The molecule has 5 nitrogen and oxygen atoms in total. The summed E-state index contributed by atoms with van der Waals surface area (Å²) < 4.78 is 11.5. The molecule has 1 amide bonds. The standard InChI is InChI=1S/C24H32N2O3/c1-4-5-6-11-17-29-22-15-10-8-13-20(22)24(2)25-21-14-9-7-12-19(21)23(27)26(24)16-18-28-3/h7-10,12-15,25H,4-6,11,16-18H2,1-3H3. The molecule has 1 N–H and O–H groups in total. The molecule has 156 valence electrons. The first-order chi connectivity index (χ1) is 14.1. The molecule has 2 aromatic rings. The topological polar surface area (TPSA) is 50.8 Å². The molecular weight excluding hydrogens is 364 g/mol. The maximum Gasteiger partial charge on any atom is 0.258 e. The second-order valence-electron chi connectivity index (χ2n) is 7.60. The van der Waals surface area contributed by atoms with E-state index >= 15 is 0 Å². The van der Waals surface area contributed by atoms with Crippen LogP contribution in [0.25, 0.3) is 0 Å². The van der Waals surface area contributed by atoms with Gasteiger partial charge in [-0.25, -0.2) is 0 Å². The van der Waals surface area contributed by atoms with Gasteiger partial charge < -0.3 is 19.7 Å². The Kier molecular flexibility index (Phi) is 7.15. The van der Waals surface area contributed by atoms with Crippen molar-refractivity contribution in [3.05, 3.63) is 59.7 Å². The lowest BCUT2D eigenvalue weighted by molar-refractivity contribution is 0.0431. The van der Waals surface area contributed by atoms with Crippen molar-refractivity contribution in [3.63, 3.8) is 0 Å². The van der Waals surface area contributed by atoms with E-state index in [0.29, 0.717) is 25.3 Å². The molecule has 1 atom stereocenters. The molecular formula is C24H32N2O3. The Balaban J connectivity index is 1.93. The first-order valence-corrected chi connectivity index (χ1v) is 10.5. The Morgan fingerprint density at radius 2 is 1.76 bits per heavy atom. The number of carbonyl (C=O) groups is 1. The van der Waals surface area contributed by atoms with Gasteiger partial charge in [0, 0.05) is 24.9 Å². The number of hydrogen-bond donors (Lipinski definition) is 1. The quantitative estimate of drug-likeness (QED) is 0.572. The summed E-state index contributed by atoms with van der Waals surface area (Å²) >= 11 is 0. The van der Waals surface area contributed by atoms with Crippen LogP contribution < -0.4 is 10.1 Å². The lowest BCUT2D eigenvalue weighted by atomic mass is 9.92. The second kappa shape index (κ2) is 9.79. The fourth-order valence-electron chi connectivity index (χ4n) is 3.88. The van der Waals surface area contributed by atoms with Gasteiger partial charge in [-0.05, 0) is 31.5 Å². The number of hydrogen-bond acceptors (Lipinski definition) is 4. The van der Waals surface area contributed by atoms with Crippen molar-refractivity contribution in [1.82, 2.24) is 4.90 Å². The maximum atomic E-state index is 13.3. The van der Waals surface area contributed by atoms with E-state index in [0.717, 1.165) is 23.4 Å². The largest absolute Gasteiger partial charge is 0.493 e. The van der Waals surface area contributed by atoms with Crippen molar-refractivity contribution in [2.45, 2.75) is 45.2 Å². The first-order valence-electron chi connectivity index (χ1n) is 10.5. The van der Waals surface area contributed by atoms with E-state index in [1.165, 1.54) is 19.3 Å². The summed E-state index contributed by atoms with van der Waals surface area (Å²) in [7, 11) is 1.65. The van der Waals surface area contributed by atoms with Gasteiger partial charge in [-0.2, -0.15) is 0 Å². The van der Waals surface area contributed by atoms with E-state index in [4.69, 9.17) is 9.47 Å². The molecule has 0 spiro atoms. The van der Waals surface area contributed by atoms with Gasteiger partial charge in [0.25, 0.3) is 5.91 Å². The van der Waals surface area contributed by atoms with Gasteiger partial charge in [-0.3, -0.25) is 4.79 Å². The lowest BCUT2D eigenvalue weighted by Gasteiger charge is -2.47. The summed E-state index contributed by atoms with van der Waals surface area (Å²) in [6, 6.07) is 15.6. The summed E-state index contributed by atoms with van der Waals surface area (Å²) in [6.45, 7) is 5.86. The van der Waals surface area contributed by atoms with Crippen LogP contribution in [0.4, 0.5) is 5.69 Å². The van der Waals surface area contributed by atoms with Gasteiger partial charge in [0.1, 0.15) is 11.4 Å². The highest BCUT2D eigenvalue weighted by Crippen LogP contribution is 2.41. The van der Waals surface area contributed by atoms with Crippen LogP contribution in [0.5, 0.6) is 5.75 Å². The van der Waals surface area contributed by atoms with Gasteiger partial charge >= 0.3 is 0 Å². The minimum atomic E-state index is -0.732. The number of para-hydroxylation sites is 2. The van der Waals surface area contributed by atoms with Crippen LogP contribution in [-0.2, 0) is 10.4 Å². The number of nitrogens with one attached hydrogen (secondary N) is 1. The summed E-state index contributed by atoms with van der Waals surface area (Å²) in [5.74, 6) is 0.810. The van der Waals surface area contributed by atoms with E-state index in [2.05, 4.69) is 12.2 Å². The van der Waals surface area contributed by atoms with Crippen molar-refractivity contribution in [2.75, 3.05) is 32.2 Å². The smallest absolute Gasteiger partial charge is 0.258 e.